The van der Waals surface area contributed by atoms with E-state index in [2.05, 4.69) is 41.7 Å². The van der Waals surface area contributed by atoms with Crippen LogP contribution in [-0.4, -0.2) is 12.5 Å². The van der Waals surface area contributed by atoms with Crippen molar-refractivity contribution in [1.29, 1.82) is 0 Å². The minimum absolute atomic E-state index is 0. The first-order valence-corrected chi connectivity index (χ1v) is 7.24. The molecule has 0 bridgehead atoms. The predicted molar refractivity (Wildman–Crippen MR) is 93.4 cm³/mol. The van der Waals surface area contributed by atoms with E-state index in [4.69, 9.17) is 5.73 Å². The lowest BCUT2D eigenvalue weighted by molar-refractivity contribution is -0.123. The molecule has 0 atom stereocenters. The second-order valence-electron chi connectivity index (χ2n) is 6.25. The molecular formula is C18H21ClN2O. The van der Waals surface area contributed by atoms with Gasteiger partial charge in [0.25, 0.3) is 0 Å². The Morgan fingerprint density at radius 3 is 2.55 bits per heavy atom. The zero-order valence-electron chi connectivity index (χ0n) is 12.8. The van der Waals surface area contributed by atoms with Crippen LogP contribution in [0.1, 0.15) is 25.0 Å². The number of nitrogens with two attached hydrogens (primary N) is 1. The summed E-state index contributed by atoms with van der Waals surface area (Å²) in [5, 5.41) is 2.97. The molecule has 2 aromatic carbocycles. The van der Waals surface area contributed by atoms with Gasteiger partial charge in [0.1, 0.15) is 0 Å². The Hall–Kier alpha value is -1.84. The second-order valence-corrected chi connectivity index (χ2v) is 6.25. The standard InChI is InChI=1S/C18H20N2O.ClH/c1-18(2,11-19)17(21)20-14-7-8-16-13(10-14)9-12-5-3-4-6-15(12)16;/h3-8,10H,9,11,19H2,1-2H3,(H,20,21);1H. The summed E-state index contributed by atoms with van der Waals surface area (Å²) in [7, 11) is 0. The Balaban J connectivity index is 0.00000176. The Bertz CT molecular complexity index is 710. The Kier molecular flexibility index (Phi) is 4.59. The van der Waals surface area contributed by atoms with Gasteiger partial charge in [-0.15, -0.1) is 12.4 Å². The van der Waals surface area contributed by atoms with Crippen LogP contribution < -0.4 is 11.1 Å². The van der Waals surface area contributed by atoms with E-state index in [9.17, 15) is 4.79 Å². The van der Waals surface area contributed by atoms with E-state index < -0.39 is 5.41 Å². The van der Waals surface area contributed by atoms with Gasteiger partial charge in [-0.3, -0.25) is 4.79 Å². The maximum absolute atomic E-state index is 12.2. The minimum Gasteiger partial charge on any atom is -0.329 e. The van der Waals surface area contributed by atoms with Crippen LogP contribution in [0.2, 0.25) is 0 Å². The van der Waals surface area contributed by atoms with Gasteiger partial charge in [-0.2, -0.15) is 0 Å². The highest BCUT2D eigenvalue weighted by molar-refractivity contribution is 5.95. The molecule has 0 aromatic heterocycles. The van der Waals surface area contributed by atoms with Crippen molar-refractivity contribution in [3.8, 4) is 11.1 Å². The van der Waals surface area contributed by atoms with Crippen LogP contribution in [0.25, 0.3) is 11.1 Å². The predicted octanol–water partition coefficient (Wildman–Crippen LogP) is 3.60. The molecule has 116 valence electrons. The summed E-state index contributed by atoms with van der Waals surface area (Å²) >= 11 is 0. The lowest BCUT2D eigenvalue weighted by Gasteiger charge is -2.21. The number of nitrogens with one attached hydrogen (secondary N) is 1. The SMILES string of the molecule is CC(C)(CN)C(=O)Nc1ccc2c(c1)Cc1ccccc1-2.Cl. The number of anilines is 1. The molecule has 1 amide bonds. The summed E-state index contributed by atoms with van der Waals surface area (Å²) < 4.78 is 0. The molecule has 0 radical (unpaired) electrons. The summed E-state index contributed by atoms with van der Waals surface area (Å²) in [6, 6.07) is 14.6. The summed E-state index contributed by atoms with van der Waals surface area (Å²) in [6.07, 6.45) is 0.926. The van der Waals surface area contributed by atoms with Crippen molar-refractivity contribution in [2.45, 2.75) is 20.3 Å². The molecular weight excluding hydrogens is 296 g/mol. The van der Waals surface area contributed by atoms with E-state index in [0.717, 1.165) is 12.1 Å². The van der Waals surface area contributed by atoms with Gasteiger partial charge in [0.05, 0.1) is 5.41 Å². The number of halogens is 1. The van der Waals surface area contributed by atoms with Gasteiger partial charge in [-0.25, -0.2) is 0 Å². The van der Waals surface area contributed by atoms with Gasteiger partial charge in [-0.1, -0.05) is 30.3 Å². The molecule has 0 saturated carbocycles. The van der Waals surface area contributed by atoms with Crippen molar-refractivity contribution in [3.05, 3.63) is 53.6 Å². The molecule has 0 heterocycles. The monoisotopic (exact) mass is 316 g/mol. The third-order valence-electron chi connectivity index (χ3n) is 4.18. The topological polar surface area (TPSA) is 55.1 Å². The smallest absolute Gasteiger partial charge is 0.231 e. The molecule has 3 N–H and O–H groups in total. The first-order chi connectivity index (χ1) is 10.0. The number of fused-ring (bicyclic) bond motifs is 3. The van der Waals surface area contributed by atoms with Gasteiger partial charge >= 0.3 is 0 Å². The summed E-state index contributed by atoms with van der Waals surface area (Å²) in [6.45, 7) is 4.03. The van der Waals surface area contributed by atoms with Crippen molar-refractivity contribution in [2.75, 3.05) is 11.9 Å². The van der Waals surface area contributed by atoms with Crippen molar-refractivity contribution < 1.29 is 4.79 Å². The van der Waals surface area contributed by atoms with Crippen LogP contribution in [0.15, 0.2) is 42.5 Å². The van der Waals surface area contributed by atoms with E-state index in [-0.39, 0.29) is 18.3 Å². The highest BCUT2D eigenvalue weighted by Gasteiger charge is 2.26. The molecule has 4 heteroatoms. The second kappa shape index (κ2) is 6.11. The van der Waals surface area contributed by atoms with Crippen LogP contribution in [0.4, 0.5) is 5.69 Å². The Morgan fingerprint density at radius 1 is 1.14 bits per heavy atom. The summed E-state index contributed by atoms with van der Waals surface area (Å²) in [5.74, 6) is -0.0412. The van der Waals surface area contributed by atoms with Crippen LogP contribution in [0.5, 0.6) is 0 Å². The average molecular weight is 317 g/mol. The van der Waals surface area contributed by atoms with Gasteiger partial charge in [0, 0.05) is 12.2 Å². The number of benzene rings is 2. The fraction of sp³-hybridized carbons (Fsp3) is 0.278. The summed E-state index contributed by atoms with van der Waals surface area (Å²) in [4.78, 5) is 12.2. The van der Waals surface area contributed by atoms with Crippen molar-refractivity contribution >= 4 is 24.0 Å². The molecule has 2 aromatic rings. The van der Waals surface area contributed by atoms with Gasteiger partial charge in [0.2, 0.25) is 5.91 Å². The fourth-order valence-corrected chi connectivity index (χ4v) is 2.62. The van der Waals surface area contributed by atoms with Crippen molar-refractivity contribution in [3.63, 3.8) is 0 Å². The summed E-state index contributed by atoms with van der Waals surface area (Å²) in [5.41, 5.74) is 11.1. The Morgan fingerprint density at radius 2 is 1.82 bits per heavy atom. The van der Waals surface area contributed by atoms with Crippen LogP contribution in [0.3, 0.4) is 0 Å². The molecule has 0 unspecified atom stereocenters. The Labute approximate surface area is 137 Å². The third kappa shape index (κ3) is 2.87. The number of amides is 1. The first kappa shape index (κ1) is 16.5. The highest BCUT2D eigenvalue weighted by atomic mass is 35.5. The molecule has 1 aliphatic carbocycles. The van der Waals surface area contributed by atoms with Gasteiger partial charge < -0.3 is 11.1 Å². The number of carbonyl (C=O) groups excluding carboxylic acids is 1. The van der Waals surface area contributed by atoms with E-state index in [1.807, 2.05) is 19.9 Å². The van der Waals surface area contributed by atoms with Crippen molar-refractivity contribution in [1.82, 2.24) is 0 Å². The minimum atomic E-state index is -0.554. The van der Waals surface area contributed by atoms with Crippen LogP contribution in [0, 0.1) is 5.41 Å². The fourth-order valence-electron chi connectivity index (χ4n) is 2.62. The molecule has 1 aliphatic rings. The van der Waals surface area contributed by atoms with E-state index >= 15 is 0 Å². The first-order valence-electron chi connectivity index (χ1n) is 7.24. The van der Waals surface area contributed by atoms with Gasteiger partial charge in [0.15, 0.2) is 0 Å². The zero-order valence-corrected chi connectivity index (χ0v) is 13.7. The van der Waals surface area contributed by atoms with E-state index in [0.29, 0.717) is 6.54 Å². The molecule has 0 spiro atoms. The zero-order chi connectivity index (χ0) is 15.0. The average Bonchev–Trinajstić information content (AvgIpc) is 2.84. The largest absolute Gasteiger partial charge is 0.329 e. The maximum atomic E-state index is 12.2. The van der Waals surface area contributed by atoms with Crippen molar-refractivity contribution in [2.24, 2.45) is 11.1 Å². The molecule has 0 aliphatic heterocycles. The van der Waals surface area contributed by atoms with E-state index in [1.54, 1.807) is 0 Å². The third-order valence-corrected chi connectivity index (χ3v) is 4.18. The number of rotatable bonds is 3. The molecule has 3 nitrogen and oxygen atoms in total. The lowest BCUT2D eigenvalue weighted by atomic mass is 9.92. The lowest BCUT2D eigenvalue weighted by Crippen LogP contribution is -2.37. The normalized spacial score (nSPS) is 12.1. The van der Waals surface area contributed by atoms with Gasteiger partial charge in [-0.05, 0) is 54.7 Å². The van der Waals surface area contributed by atoms with E-state index in [1.165, 1.54) is 22.3 Å². The number of carbonyl (C=O) groups is 1. The van der Waals surface area contributed by atoms with Crippen LogP contribution >= 0.6 is 12.4 Å². The molecule has 0 saturated heterocycles. The maximum Gasteiger partial charge on any atom is 0.231 e. The highest BCUT2D eigenvalue weighted by Crippen LogP contribution is 2.37. The molecule has 3 rings (SSSR count). The molecule has 0 fully saturated rings. The van der Waals surface area contributed by atoms with Crippen LogP contribution in [-0.2, 0) is 11.2 Å². The quantitative estimate of drug-likeness (QED) is 0.775. The molecule has 22 heavy (non-hydrogen) atoms. The number of hydrogen-bond donors (Lipinski definition) is 2. The number of hydrogen-bond acceptors (Lipinski definition) is 2.